The Bertz CT molecular complexity index is 1250. The Labute approximate surface area is 170 Å². The summed E-state index contributed by atoms with van der Waals surface area (Å²) in [5.41, 5.74) is 3.71. The van der Waals surface area contributed by atoms with E-state index in [1.54, 1.807) is 30.3 Å². The van der Waals surface area contributed by atoms with Crippen molar-refractivity contribution >= 4 is 39.9 Å². The highest BCUT2D eigenvalue weighted by atomic mass is 35.5. The number of benzene rings is 1. The number of aromatic amines is 1. The number of para-hydroxylation sites is 1. The van der Waals surface area contributed by atoms with Crippen molar-refractivity contribution in [3.63, 3.8) is 0 Å². The molecule has 0 radical (unpaired) electrons. The molecule has 146 valence electrons. The molecule has 3 aromatic heterocycles. The van der Waals surface area contributed by atoms with Crippen LogP contribution in [-0.4, -0.2) is 44.5 Å². The van der Waals surface area contributed by atoms with Crippen LogP contribution in [0.25, 0.3) is 22.3 Å². The molecule has 1 aliphatic rings. The summed E-state index contributed by atoms with van der Waals surface area (Å²) in [6.07, 6.45) is 3.37. The van der Waals surface area contributed by atoms with Crippen LogP contribution in [0.1, 0.15) is 10.5 Å². The van der Waals surface area contributed by atoms with Crippen molar-refractivity contribution in [2.45, 2.75) is 6.54 Å². The number of nitrogens with zero attached hydrogens (tertiary/aromatic N) is 4. The highest BCUT2D eigenvalue weighted by molar-refractivity contribution is 6.32. The third kappa shape index (κ3) is 2.78. The van der Waals surface area contributed by atoms with E-state index in [-0.39, 0.29) is 5.91 Å². The number of carbonyl (C=O) groups is 1. The Morgan fingerprint density at radius 2 is 2.21 bits per heavy atom. The molecule has 3 N–H and O–H groups in total. The first kappa shape index (κ1) is 17.5. The molecule has 1 aliphatic heterocycles. The quantitative estimate of drug-likeness (QED) is 0.478. The van der Waals surface area contributed by atoms with Crippen LogP contribution in [0.15, 0.2) is 36.7 Å². The first-order chi connectivity index (χ1) is 14.2. The van der Waals surface area contributed by atoms with Crippen molar-refractivity contribution in [3.05, 3.63) is 47.4 Å². The number of hydrogen-bond acceptors (Lipinski definition) is 6. The smallest absolute Gasteiger partial charge is 0.271 e. The van der Waals surface area contributed by atoms with Crippen LogP contribution in [-0.2, 0) is 6.54 Å². The van der Waals surface area contributed by atoms with Gasteiger partial charge in [-0.2, -0.15) is 10.2 Å². The Morgan fingerprint density at radius 3 is 3.07 bits per heavy atom. The molecule has 0 atom stereocenters. The molecule has 0 spiro atoms. The van der Waals surface area contributed by atoms with Gasteiger partial charge in [0.1, 0.15) is 11.4 Å². The number of aromatic nitrogens is 5. The Morgan fingerprint density at radius 1 is 1.31 bits per heavy atom. The molecule has 4 heterocycles. The number of carbonyl (C=O) groups excluding carboxylic acids is 1. The molecule has 0 aliphatic carbocycles. The van der Waals surface area contributed by atoms with E-state index < -0.39 is 0 Å². The van der Waals surface area contributed by atoms with E-state index in [2.05, 4.69) is 25.8 Å². The number of rotatable bonds is 4. The second-order valence-corrected chi connectivity index (χ2v) is 6.89. The normalized spacial score (nSPS) is 13.2. The van der Waals surface area contributed by atoms with Crippen LogP contribution >= 0.6 is 11.6 Å². The second-order valence-electron chi connectivity index (χ2n) is 6.49. The third-order valence-corrected chi connectivity index (χ3v) is 5.11. The number of anilines is 2. The summed E-state index contributed by atoms with van der Waals surface area (Å²) < 4.78 is 7.16. The van der Waals surface area contributed by atoms with E-state index in [1.807, 2.05) is 18.2 Å². The molecule has 29 heavy (non-hydrogen) atoms. The fourth-order valence-corrected chi connectivity index (χ4v) is 3.78. The van der Waals surface area contributed by atoms with Gasteiger partial charge in [0.05, 0.1) is 36.2 Å². The summed E-state index contributed by atoms with van der Waals surface area (Å²) in [7, 11) is 1.55. The van der Waals surface area contributed by atoms with Crippen LogP contribution in [0.4, 0.5) is 11.4 Å². The molecule has 1 amide bonds. The number of H-pyrrole nitrogens is 1. The molecule has 1 aromatic carbocycles. The van der Waals surface area contributed by atoms with Gasteiger partial charge in [-0.05, 0) is 18.2 Å². The minimum atomic E-state index is -0.198. The number of methoxy groups -OCH3 is 1. The number of hydrogen-bond donors (Lipinski definition) is 3. The van der Waals surface area contributed by atoms with Gasteiger partial charge in [0.2, 0.25) is 0 Å². The van der Waals surface area contributed by atoms with Gasteiger partial charge in [-0.25, -0.2) is 4.98 Å². The average molecular weight is 410 g/mol. The molecule has 0 saturated carbocycles. The zero-order valence-corrected chi connectivity index (χ0v) is 16.1. The largest absolute Gasteiger partial charge is 0.493 e. The topological polar surface area (TPSA) is 110 Å². The monoisotopic (exact) mass is 409 g/mol. The Hall–Kier alpha value is -3.59. The molecule has 5 rings (SSSR count). The number of fused-ring (bicyclic) bond motifs is 2. The fourth-order valence-electron chi connectivity index (χ4n) is 3.53. The van der Waals surface area contributed by atoms with E-state index in [0.29, 0.717) is 52.3 Å². The molecule has 0 bridgehead atoms. The molecule has 0 saturated heterocycles. The number of nitrogens with one attached hydrogen (secondary N) is 3. The molecule has 9 nitrogen and oxygen atoms in total. The fraction of sp³-hybridized carbons (Fsp3) is 0.158. The Balaban J connectivity index is 1.74. The highest BCUT2D eigenvalue weighted by Crippen LogP contribution is 2.40. The van der Waals surface area contributed by atoms with E-state index in [1.165, 1.54) is 0 Å². The lowest BCUT2D eigenvalue weighted by Crippen LogP contribution is -2.35. The summed E-state index contributed by atoms with van der Waals surface area (Å²) in [5, 5.41) is 19.1. The summed E-state index contributed by atoms with van der Waals surface area (Å²) in [4.78, 5) is 17.0. The average Bonchev–Trinajstić information content (AvgIpc) is 3.34. The molecular formula is C19H16ClN7O2. The first-order valence-electron chi connectivity index (χ1n) is 8.94. The van der Waals surface area contributed by atoms with Gasteiger partial charge in [0.25, 0.3) is 5.91 Å². The lowest BCUT2D eigenvalue weighted by molar-refractivity contribution is 0.0925. The van der Waals surface area contributed by atoms with Gasteiger partial charge in [-0.3, -0.25) is 14.6 Å². The number of ether oxygens (including phenoxy) is 1. The van der Waals surface area contributed by atoms with Gasteiger partial charge in [-0.15, -0.1) is 0 Å². The van der Waals surface area contributed by atoms with Crippen molar-refractivity contribution in [1.29, 1.82) is 0 Å². The third-order valence-electron chi connectivity index (χ3n) is 4.82. The number of pyridine rings is 1. The van der Waals surface area contributed by atoms with E-state index >= 15 is 0 Å². The van der Waals surface area contributed by atoms with Gasteiger partial charge in [0, 0.05) is 23.7 Å². The summed E-state index contributed by atoms with van der Waals surface area (Å²) in [6.45, 7) is 1.09. The van der Waals surface area contributed by atoms with Crippen molar-refractivity contribution in [3.8, 4) is 17.0 Å². The number of amides is 1. The molecule has 0 unspecified atom stereocenters. The molecule has 0 fully saturated rings. The van der Waals surface area contributed by atoms with Crippen LogP contribution in [0, 0.1) is 0 Å². The zero-order chi connectivity index (χ0) is 20.0. The first-order valence-corrected chi connectivity index (χ1v) is 9.32. The lowest BCUT2D eigenvalue weighted by atomic mass is 10.1. The maximum Gasteiger partial charge on any atom is 0.271 e. The minimum Gasteiger partial charge on any atom is -0.493 e. The van der Waals surface area contributed by atoms with Gasteiger partial charge >= 0.3 is 0 Å². The van der Waals surface area contributed by atoms with E-state index in [4.69, 9.17) is 21.4 Å². The molecular weight excluding hydrogens is 394 g/mol. The zero-order valence-electron chi connectivity index (χ0n) is 15.4. The highest BCUT2D eigenvalue weighted by Gasteiger charge is 2.29. The second kappa shape index (κ2) is 6.78. The Kier molecular flexibility index (Phi) is 4.09. The van der Waals surface area contributed by atoms with E-state index in [0.717, 1.165) is 10.9 Å². The maximum atomic E-state index is 12.7. The van der Waals surface area contributed by atoms with Gasteiger partial charge < -0.3 is 15.4 Å². The van der Waals surface area contributed by atoms with Crippen LogP contribution < -0.4 is 15.4 Å². The standard InChI is InChI=1S/C19H16ClN7O2/c1-29-17-12(20)3-2-4-13(17)24-15-14(26-27-8-7-22-19(28)16(15)27)10-5-6-21-18-11(10)9-23-25-18/h2-6,9,24H,7-8H2,1H3,(H,22,28)(H,21,23,25). The van der Waals surface area contributed by atoms with Crippen LogP contribution in [0.5, 0.6) is 5.75 Å². The SMILES string of the molecule is COc1c(Cl)cccc1Nc1c(-c2ccnc3[nH]ncc23)nn2c1C(=O)NCC2. The van der Waals surface area contributed by atoms with Crippen LogP contribution in [0.2, 0.25) is 5.02 Å². The maximum absolute atomic E-state index is 12.7. The predicted octanol–water partition coefficient (Wildman–Crippen LogP) is 2.97. The summed E-state index contributed by atoms with van der Waals surface area (Å²) in [6, 6.07) is 7.23. The van der Waals surface area contributed by atoms with Gasteiger partial charge in [-0.1, -0.05) is 17.7 Å². The molecule has 4 aromatic rings. The van der Waals surface area contributed by atoms with E-state index in [9.17, 15) is 4.79 Å². The van der Waals surface area contributed by atoms with Crippen LogP contribution in [0.3, 0.4) is 0 Å². The summed E-state index contributed by atoms with van der Waals surface area (Å²) in [5.74, 6) is 0.287. The van der Waals surface area contributed by atoms with Crippen molar-refractivity contribution in [2.24, 2.45) is 0 Å². The summed E-state index contributed by atoms with van der Waals surface area (Å²) >= 11 is 6.28. The van der Waals surface area contributed by atoms with Crippen molar-refractivity contribution < 1.29 is 9.53 Å². The molecule has 10 heteroatoms. The van der Waals surface area contributed by atoms with Crippen molar-refractivity contribution in [1.82, 2.24) is 30.3 Å². The van der Waals surface area contributed by atoms with Gasteiger partial charge in [0.15, 0.2) is 11.4 Å². The number of halogens is 1. The minimum absolute atomic E-state index is 0.198. The lowest BCUT2D eigenvalue weighted by Gasteiger charge is -2.17. The predicted molar refractivity (Wildman–Crippen MR) is 109 cm³/mol. The van der Waals surface area contributed by atoms with Crippen molar-refractivity contribution in [2.75, 3.05) is 19.0 Å².